The van der Waals surface area contributed by atoms with Crippen molar-refractivity contribution in [2.45, 2.75) is 32.3 Å². The average molecular weight is 585 g/mol. The van der Waals surface area contributed by atoms with Gasteiger partial charge >= 0.3 is 0 Å². The summed E-state index contributed by atoms with van der Waals surface area (Å²) in [5, 5.41) is 23.4. The number of aliphatic hydroxyl groups excluding tert-OH is 1. The van der Waals surface area contributed by atoms with E-state index in [9.17, 15) is 19.5 Å². The van der Waals surface area contributed by atoms with Crippen LogP contribution >= 0.6 is 0 Å². The molecule has 3 N–H and O–H groups in total. The molecule has 0 aliphatic heterocycles. The third kappa shape index (κ3) is 8.54. The van der Waals surface area contributed by atoms with Crippen LogP contribution in [0.15, 0.2) is 84.9 Å². The Morgan fingerprint density at radius 2 is 1.28 bits per heavy atom. The molecule has 0 amide bonds. The topological polar surface area (TPSA) is 138 Å². The van der Waals surface area contributed by atoms with Crippen LogP contribution in [-0.4, -0.2) is 60.0 Å². The molecule has 8 heteroatoms. The first-order valence-electron chi connectivity index (χ1n) is 13.3. The summed E-state index contributed by atoms with van der Waals surface area (Å²) in [6.07, 6.45) is 1.56. The van der Waals surface area contributed by atoms with Crippen LogP contribution in [0.25, 0.3) is 22.3 Å². The predicted molar refractivity (Wildman–Crippen MR) is 166 cm³/mol. The van der Waals surface area contributed by atoms with E-state index >= 15 is 0 Å². The van der Waals surface area contributed by atoms with Gasteiger partial charge in [-0.1, -0.05) is 61.5 Å². The molecule has 4 aromatic rings. The molecule has 1 aliphatic carbocycles. The van der Waals surface area contributed by atoms with Gasteiger partial charge in [-0.25, -0.2) is 0 Å². The van der Waals surface area contributed by atoms with E-state index in [0.717, 1.165) is 30.3 Å². The summed E-state index contributed by atoms with van der Waals surface area (Å²) >= 11 is 0. The number of hydrogen-bond acceptors (Lipinski definition) is 7. The first-order valence-corrected chi connectivity index (χ1v) is 13.3. The molecule has 224 valence electrons. The Labute approximate surface area is 251 Å². The van der Waals surface area contributed by atoms with Gasteiger partial charge in [0, 0.05) is 29.7 Å². The van der Waals surface area contributed by atoms with E-state index in [0.29, 0.717) is 28.9 Å². The fraction of sp³-hybridized carbons (Fsp3) is 0.200. The van der Waals surface area contributed by atoms with E-state index < -0.39 is 5.60 Å². The van der Waals surface area contributed by atoms with Gasteiger partial charge in [-0.05, 0) is 77.6 Å². The molecule has 0 bridgehead atoms. The summed E-state index contributed by atoms with van der Waals surface area (Å²) in [4.78, 5) is 41.4. The van der Waals surface area contributed by atoms with Crippen LogP contribution in [0.5, 0.6) is 5.75 Å². The van der Waals surface area contributed by atoms with Gasteiger partial charge in [0.05, 0.1) is 7.11 Å². The highest BCUT2D eigenvalue weighted by Gasteiger charge is 2.26. The molecule has 4 aromatic carbocycles. The molecule has 1 atom stereocenters. The molecule has 0 radical (unpaired) electrons. The zero-order valence-corrected chi connectivity index (χ0v) is 24.8. The number of carbonyl (C=O) groups excluding carboxylic acids is 3. The Morgan fingerprint density at radius 3 is 1.84 bits per heavy atom. The summed E-state index contributed by atoms with van der Waals surface area (Å²) in [5.74, 6) is 0.841. The van der Waals surface area contributed by atoms with E-state index in [1.807, 2.05) is 30.3 Å². The van der Waals surface area contributed by atoms with Gasteiger partial charge in [-0.15, -0.1) is 0 Å². The first kappa shape index (κ1) is 34.3. The number of fused-ring (bicyclic) bond motifs is 3. The van der Waals surface area contributed by atoms with E-state index in [2.05, 4.69) is 37.3 Å². The average Bonchev–Trinajstić information content (AvgIpc) is 3.32. The molecule has 1 aliphatic rings. The zero-order valence-electron chi connectivity index (χ0n) is 24.8. The highest BCUT2D eigenvalue weighted by atomic mass is 16.5. The number of Topliss-reactive ketones (excluding diaryl/α,β-unsaturated/α-hetero) is 1. The third-order valence-electron chi connectivity index (χ3n) is 6.73. The number of rotatable bonds is 6. The highest BCUT2D eigenvalue weighted by Crippen LogP contribution is 2.46. The number of methoxy groups -OCH3 is 1. The number of carboxylic acid groups (broad SMARTS) is 1. The maximum absolute atomic E-state index is 11.6. The number of hydrogen-bond donors (Lipinski definition) is 3. The van der Waals surface area contributed by atoms with Crippen molar-refractivity contribution in [1.29, 1.82) is 0 Å². The molecule has 0 heterocycles. The van der Waals surface area contributed by atoms with Crippen molar-refractivity contribution in [2.24, 2.45) is 0 Å². The Hall–Kier alpha value is -4.92. The second-order valence-electron chi connectivity index (χ2n) is 9.96. The lowest BCUT2D eigenvalue weighted by Crippen LogP contribution is -2.31. The molecule has 8 nitrogen and oxygen atoms in total. The van der Waals surface area contributed by atoms with Crippen molar-refractivity contribution in [3.63, 3.8) is 0 Å². The molecular weight excluding hydrogens is 548 g/mol. The van der Waals surface area contributed by atoms with Gasteiger partial charge in [0.25, 0.3) is 6.47 Å². The molecule has 5 rings (SSSR count). The maximum atomic E-state index is 11.6. The smallest absolute Gasteiger partial charge is 0.290 e. The second kappa shape index (κ2) is 15.9. The normalized spacial score (nSPS) is 12.3. The number of aldehydes is 2. The monoisotopic (exact) mass is 584 g/mol. The van der Waals surface area contributed by atoms with Crippen LogP contribution in [0.4, 0.5) is 0 Å². The number of ketones is 1. The van der Waals surface area contributed by atoms with Crippen LogP contribution in [0.1, 0.15) is 68.9 Å². The van der Waals surface area contributed by atoms with Crippen molar-refractivity contribution in [1.82, 2.24) is 0 Å². The van der Waals surface area contributed by atoms with E-state index in [1.54, 1.807) is 25.3 Å². The van der Waals surface area contributed by atoms with Crippen LogP contribution < -0.4 is 4.74 Å². The standard InChI is InChI=1S/C22H18O2.C11H12O3.CH2O2.CH4O/c1-14-21-11-17(16-5-3-4-15(10-16)13-23)6-8-19(21)20-9-7-18(24-2)12-22(14)20;1-11(2,14)10(13)9-5-3-4-8(6-9)7-12;2-1-3;1-2/h3-14H,1-2H3;3-7,14H,1-2H3;1H,(H,2,3);2H,1H3. The molecule has 0 saturated heterocycles. The number of carbonyl (C=O) groups is 4. The number of benzene rings is 4. The van der Waals surface area contributed by atoms with E-state index in [4.69, 9.17) is 19.7 Å². The van der Waals surface area contributed by atoms with Crippen molar-refractivity contribution < 1.29 is 39.2 Å². The summed E-state index contributed by atoms with van der Waals surface area (Å²) in [5.41, 5.74) is 7.50. The maximum Gasteiger partial charge on any atom is 0.290 e. The Morgan fingerprint density at radius 1 is 0.767 bits per heavy atom. The minimum absolute atomic E-state index is 0.250. The van der Waals surface area contributed by atoms with E-state index in [1.165, 1.54) is 42.2 Å². The number of aliphatic hydroxyl groups is 2. The molecule has 0 saturated carbocycles. The molecule has 0 fully saturated rings. The third-order valence-corrected chi connectivity index (χ3v) is 6.73. The SMILES string of the molecule is CC(C)(O)C(=O)c1cccc(C=O)c1.CO.COc1ccc2c(c1)C(C)c1cc(-c3cccc(C=O)c3)ccc1-2.O=CO. The zero-order chi connectivity index (χ0) is 32.2. The minimum atomic E-state index is -1.40. The Kier molecular flexibility index (Phi) is 12.7. The van der Waals surface area contributed by atoms with Gasteiger partial charge < -0.3 is 20.1 Å². The van der Waals surface area contributed by atoms with Gasteiger partial charge in [-0.2, -0.15) is 0 Å². The summed E-state index contributed by atoms with van der Waals surface area (Å²) < 4.78 is 5.37. The van der Waals surface area contributed by atoms with Crippen LogP contribution in [0.2, 0.25) is 0 Å². The van der Waals surface area contributed by atoms with Crippen molar-refractivity contribution >= 4 is 24.8 Å². The van der Waals surface area contributed by atoms with Crippen molar-refractivity contribution in [3.05, 3.63) is 113 Å². The lowest BCUT2D eigenvalue weighted by molar-refractivity contribution is -0.122. The summed E-state index contributed by atoms with van der Waals surface area (Å²) in [6.45, 7) is 4.82. The lowest BCUT2D eigenvalue weighted by Gasteiger charge is -2.15. The quantitative estimate of drug-likeness (QED) is 0.183. The van der Waals surface area contributed by atoms with Crippen LogP contribution in [0, 0.1) is 0 Å². The predicted octanol–water partition coefficient (Wildman–Crippen LogP) is 6.07. The fourth-order valence-corrected chi connectivity index (χ4v) is 4.68. The molecular formula is C35H36O8. The van der Waals surface area contributed by atoms with Gasteiger partial charge in [0.2, 0.25) is 0 Å². The van der Waals surface area contributed by atoms with Crippen LogP contribution in [0.3, 0.4) is 0 Å². The van der Waals surface area contributed by atoms with E-state index in [-0.39, 0.29) is 12.3 Å². The van der Waals surface area contributed by atoms with Crippen molar-refractivity contribution in [2.75, 3.05) is 14.2 Å². The lowest BCUT2D eigenvalue weighted by atomic mass is 9.95. The highest BCUT2D eigenvalue weighted by molar-refractivity contribution is 6.02. The minimum Gasteiger partial charge on any atom is -0.497 e. The van der Waals surface area contributed by atoms with Gasteiger partial charge in [0.15, 0.2) is 5.78 Å². The largest absolute Gasteiger partial charge is 0.497 e. The van der Waals surface area contributed by atoms with Gasteiger partial charge in [-0.3, -0.25) is 19.2 Å². The Bertz CT molecular complexity index is 1570. The van der Waals surface area contributed by atoms with Gasteiger partial charge in [0.1, 0.15) is 23.9 Å². The summed E-state index contributed by atoms with van der Waals surface area (Å²) in [6, 6.07) is 26.9. The molecule has 43 heavy (non-hydrogen) atoms. The Balaban J connectivity index is 0.000000290. The number of ether oxygens (including phenoxy) is 1. The van der Waals surface area contributed by atoms with Crippen LogP contribution in [-0.2, 0) is 4.79 Å². The van der Waals surface area contributed by atoms with Crippen molar-refractivity contribution in [3.8, 4) is 28.0 Å². The first-order chi connectivity index (χ1) is 20.6. The molecule has 0 spiro atoms. The molecule has 1 unspecified atom stereocenters. The second-order valence-corrected chi connectivity index (χ2v) is 9.96. The fourth-order valence-electron chi connectivity index (χ4n) is 4.68. The summed E-state index contributed by atoms with van der Waals surface area (Å²) in [7, 11) is 2.70. The molecule has 0 aromatic heterocycles.